The Hall–Kier alpha value is -0.740. The van der Waals surface area contributed by atoms with Crippen molar-refractivity contribution < 1.29 is 20.1 Å². The van der Waals surface area contributed by atoms with Crippen LogP contribution in [0.4, 0.5) is 0 Å². The summed E-state index contributed by atoms with van der Waals surface area (Å²) < 4.78 is 0. The third kappa shape index (κ3) is 2.70. The van der Waals surface area contributed by atoms with E-state index in [0.29, 0.717) is 0 Å². The average Bonchev–Trinajstić information content (AvgIpc) is 1.80. The second-order valence-corrected chi connectivity index (χ2v) is 1.83. The maximum Gasteiger partial charge on any atom is 0.300 e. The summed E-state index contributed by atoms with van der Waals surface area (Å²) in [6.45, 7) is 1.54. The minimum Gasteiger partial charge on any atom is -0.342 e. The van der Waals surface area contributed by atoms with Crippen LogP contribution in [0.5, 0.6) is 0 Å². The Morgan fingerprint density at radius 2 is 2.10 bits per heavy atom. The van der Waals surface area contributed by atoms with Gasteiger partial charge in [0.25, 0.3) is 5.97 Å². The molecule has 1 unspecified atom stereocenters. The summed E-state index contributed by atoms with van der Waals surface area (Å²) in [5.74, 6) is -2.91. The Morgan fingerprint density at radius 3 is 2.20 bits per heavy atom. The van der Waals surface area contributed by atoms with Crippen LogP contribution in [0.3, 0.4) is 0 Å². The molecular formula is C5H9NO4. The lowest BCUT2D eigenvalue weighted by atomic mass is 10.2. The molecule has 5 heteroatoms. The predicted molar refractivity (Wildman–Crippen MR) is 31.6 cm³/mol. The van der Waals surface area contributed by atoms with E-state index in [0.717, 1.165) is 6.08 Å². The van der Waals surface area contributed by atoms with Gasteiger partial charge in [0.15, 0.2) is 0 Å². The molecule has 0 aromatic carbocycles. The van der Waals surface area contributed by atoms with Gasteiger partial charge < -0.3 is 15.3 Å². The van der Waals surface area contributed by atoms with Crippen LogP contribution >= 0.6 is 0 Å². The minimum absolute atomic E-state index is 0.152. The number of hydrogen-bond donors (Lipinski definition) is 3. The summed E-state index contributed by atoms with van der Waals surface area (Å²) >= 11 is 0. The van der Waals surface area contributed by atoms with E-state index < -0.39 is 12.0 Å². The van der Waals surface area contributed by atoms with E-state index in [1.807, 2.05) is 0 Å². The van der Waals surface area contributed by atoms with Gasteiger partial charge in [-0.2, -0.15) is 4.99 Å². The molecule has 0 saturated carbocycles. The minimum atomic E-state index is -2.91. The highest BCUT2D eigenvalue weighted by Crippen LogP contribution is 2.09. The first kappa shape index (κ1) is 9.26. The maximum atomic E-state index is 9.60. The normalized spacial score (nSPS) is 14.0. The standard InChI is InChI=1S/C5H9NO4/c1-2-4(6-3-7)5(8,9)10/h4,8-10H,2H2,1H3. The van der Waals surface area contributed by atoms with E-state index in [1.165, 1.54) is 0 Å². The van der Waals surface area contributed by atoms with E-state index in [9.17, 15) is 4.79 Å². The summed E-state index contributed by atoms with van der Waals surface area (Å²) in [4.78, 5) is 12.6. The Balaban J connectivity index is 4.20. The number of aliphatic imine (C=N–C) groups is 1. The van der Waals surface area contributed by atoms with E-state index in [2.05, 4.69) is 4.99 Å². The Morgan fingerprint density at radius 1 is 1.60 bits per heavy atom. The zero-order valence-corrected chi connectivity index (χ0v) is 5.48. The third-order valence-corrected chi connectivity index (χ3v) is 1.04. The quantitative estimate of drug-likeness (QED) is 0.264. The largest absolute Gasteiger partial charge is 0.342 e. The molecule has 0 radical (unpaired) electrons. The molecule has 1 atom stereocenters. The lowest BCUT2D eigenvalue weighted by Gasteiger charge is -2.18. The van der Waals surface area contributed by atoms with Gasteiger partial charge in [0.05, 0.1) is 0 Å². The zero-order valence-electron chi connectivity index (χ0n) is 5.48. The van der Waals surface area contributed by atoms with Crippen molar-refractivity contribution in [2.24, 2.45) is 4.99 Å². The van der Waals surface area contributed by atoms with Crippen molar-refractivity contribution in [3.8, 4) is 0 Å². The highest BCUT2D eigenvalue weighted by Gasteiger charge is 2.30. The zero-order chi connectivity index (χ0) is 8.20. The van der Waals surface area contributed by atoms with Gasteiger partial charge in [-0.3, -0.25) is 0 Å². The molecule has 0 saturated heterocycles. The third-order valence-electron chi connectivity index (χ3n) is 1.04. The van der Waals surface area contributed by atoms with Crippen molar-refractivity contribution >= 4 is 6.08 Å². The monoisotopic (exact) mass is 147 g/mol. The van der Waals surface area contributed by atoms with Gasteiger partial charge in [-0.05, 0) is 6.42 Å². The highest BCUT2D eigenvalue weighted by molar-refractivity contribution is 5.33. The summed E-state index contributed by atoms with van der Waals surface area (Å²) in [5, 5.41) is 25.3. The maximum absolute atomic E-state index is 9.60. The molecule has 0 aliphatic rings. The molecule has 0 fully saturated rings. The second kappa shape index (κ2) is 3.43. The molecule has 0 bridgehead atoms. The van der Waals surface area contributed by atoms with Crippen molar-refractivity contribution in [3.63, 3.8) is 0 Å². The SMILES string of the molecule is CCC(N=C=O)C(O)(O)O. The lowest BCUT2D eigenvalue weighted by molar-refractivity contribution is -0.322. The van der Waals surface area contributed by atoms with Crippen LogP contribution in [0, 0.1) is 0 Å². The number of nitrogens with zero attached hydrogens (tertiary/aromatic N) is 1. The van der Waals surface area contributed by atoms with Gasteiger partial charge >= 0.3 is 0 Å². The van der Waals surface area contributed by atoms with Crippen LogP contribution in [-0.2, 0) is 4.79 Å². The van der Waals surface area contributed by atoms with Gasteiger partial charge in [0, 0.05) is 0 Å². The molecule has 0 aromatic heterocycles. The van der Waals surface area contributed by atoms with Crippen LogP contribution in [0.2, 0.25) is 0 Å². The number of carbonyl (C=O) groups excluding carboxylic acids is 1. The topological polar surface area (TPSA) is 90.1 Å². The number of isocyanates is 1. The van der Waals surface area contributed by atoms with Crippen molar-refractivity contribution in [3.05, 3.63) is 0 Å². The van der Waals surface area contributed by atoms with Gasteiger partial charge in [-0.25, -0.2) is 4.79 Å². The second-order valence-electron chi connectivity index (χ2n) is 1.83. The Kier molecular flexibility index (Phi) is 3.18. The molecular weight excluding hydrogens is 138 g/mol. The molecule has 5 nitrogen and oxygen atoms in total. The molecule has 0 aliphatic carbocycles. The summed E-state index contributed by atoms with van der Waals surface area (Å²) in [6, 6.07) is -1.22. The molecule has 3 N–H and O–H groups in total. The predicted octanol–water partition coefficient (Wildman–Crippen LogP) is -1.27. The molecule has 58 valence electrons. The van der Waals surface area contributed by atoms with Crippen molar-refractivity contribution in [1.29, 1.82) is 0 Å². The Bertz CT molecular complexity index is 144. The average molecular weight is 147 g/mol. The fourth-order valence-electron chi connectivity index (χ4n) is 0.515. The van der Waals surface area contributed by atoms with Gasteiger partial charge in [0.1, 0.15) is 6.04 Å². The van der Waals surface area contributed by atoms with Crippen LogP contribution in [0.15, 0.2) is 4.99 Å². The first-order valence-electron chi connectivity index (χ1n) is 2.76. The summed E-state index contributed by atoms with van der Waals surface area (Å²) in [6.07, 6.45) is 1.27. The van der Waals surface area contributed by atoms with Crippen molar-refractivity contribution in [1.82, 2.24) is 0 Å². The van der Waals surface area contributed by atoms with Crippen molar-refractivity contribution in [2.45, 2.75) is 25.4 Å². The highest BCUT2D eigenvalue weighted by atomic mass is 16.7. The number of rotatable bonds is 3. The van der Waals surface area contributed by atoms with Gasteiger partial charge in [-0.1, -0.05) is 6.92 Å². The molecule has 0 rings (SSSR count). The van der Waals surface area contributed by atoms with Crippen LogP contribution < -0.4 is 0 Å². The lowest BCUT2D eigenvalue weighted by Crippen LogP contribution is -2.40. The first-order chi connectivity index (χ1) is 4.52. The molecule has 0 aromatic rings. The molecule has 0 spiro atoms. The first-order valence-corrected chi connectivity index (χ1v) is 2.76. The summed E-state index contributed by atoms with van der Waals surface area (Å²) in [5.41, 5.74) is 0. The van der Waals surface area contributed by atoms with Crippen LogP contribution in [0.25, 0.3) is 0 Å². The van der Waals surface area contributed by atoms with Crippen LogP contribution in [0.1, 0.15) is 13.3 Å². The number of aliphatic hydroxyl groups is 3. The van der Waals surface area contributed by atoms with Gasteiger partial charge in [-0.15, -0.1) is 0 Å². The fraction of sp³-hybridized carbons (Fsp3) is 0.800. The Labute approximate surface area is 57.6 Å². The van der Waals surface area contributed by atoms with Gasteiger partial charge in [0.2, 0.25) is 6.08 Å². The van der Waals surface area contributed by atoms with E-state index in [4.69, 9.17) is 15.3 Å². The molecule has 0 aliphatic heterocycles. The summed E-state index contributed by atoms with van der Waals surface area (Å²) in [7, 11) is 0. The van der Waals surface area contributed by atoms with Crippen LogP contribution in [-0.4, -0.2) is 33.4 Å². The van der Waals surface area contributed by atoms with E-state index in [-0.39, 0.29) is 6.42 Å². The van der Waals surface area contributed by atoms with E-state index in [1.54, 1.807) is 6.92 Å². The fourth-order valence-corrected chi connectivity index (χ4v) is 0.515. The molecule has 0 amide bonds. The molecule has 10 heavy (non-hydrogen) atoms. The number of hydrogen-bond acceptors (Lipinski definition) is 5. The van der Waals surface area contributed by atoms with Crippen molar-refractivity contribution in [2.75, 3.05) is 0 Å². The molecule has 0 heterocycles. The van der Waals surface area contributed by atoms with E-state index >= 15 is 0 Å². The smallest absolute Gasteiger partial charge is 0.300 e.